The van der Waals surface area contributed by atoms with Crippen LogP contribution in [0.15, 0.2) is 18.2 Å². The second-order valence-corrected chi connectivity index (χ2v) is 7.85. The highest BCUT2D eigenvalue weighted by Crippen LogP contribution is 2.29. The number of hydrogen-bond donors (Lipinski definition) is 0. The monoisotopic (exact) mass is 373 g/mol. The van der Waals surface area contributed by atoms with Gasteiger partial charge in [0.2, 0.25) is 5.91 Å². The van der Waals surface area contributed by atoms with Gasteiger partial charge in [-0.3, -0.25) is 14.3 Å². The van der Waals surface area contributed by atoms with Gasteiger partial charge in [0, 0.05) is 30.0 Å². The van der Waals surface area contributed by atoms with Gasteiger partial charge < -0.3 is 9.64 Å². The van der Waals surface area contributed by atoms with Crippen molar-refractivity contribution in [1.82, 2.24) is 14.7 Å². The molecule has 0 atom stereocenters. The highest BCUT2D eigenvalue weighted by Gasteiger charge is 2.28. The van der Waals surface area contributed by atoms with E-state index in [0.717, 1.165) is 36.8 Å². The topological polar surface area (TPSA) is 64.4 Å². The van der Waals surface area contributed by atoms with E-state index in [4.69, 9.17) is 4.74 Å². The van der Waals surface area contributed by atoms with Crippen LogP contribution in [-0.4, -0.2) is 46.6 Å². The maximum atomic E-state index is 12.9. The van der Waals surface area contributed by atoms with Gasteiger partial charge in [-0.25, -0.2) is 0 Å². The number of ether oxygens (including phenoxy) is 1. The molecule has 1 amide bonds. The van der Waals surface area contributed by atoms with Crippen molar-refractivity contribution in [2.75, 3.05) is 20.2 Å². The quantitative estimate of drug-likeness (QED) is 0.658. The lowest BCUT2D eigenvalue weighted by Gasteiger charge is -2.21. The average Bonchev–Trinajstić information content (AvgIpc) is 2.97. The minimum Gasteiger partial charge on any atom is -0.497 e. The Balaban J connectivity index is 2.48. The molecule has 0 saturated heterocycles. The molecule has 0 bridgehead atoms. The van der Waals surface area contributed by atoms with Gasteiger partial charge in [-0.15, -0.1) is 0 Å². The summed E-state index contributed by atoms with van der Waals surface area (Å²) in [5.41, 5.74) is 0.598. The van der Waals surface area contributed by atoms with Gasteiger partial charge in [0.05, 0.1) is 12.6 Å². The number of aromatic nitrogens is 2. The molecule has 0 N–H and O–H groups in total. The van der Waals surface area contributed by atoms with E-state index in [0.29, 0.717) is 11.4 Å². The zero-order valence-corrected chi connectivity index (χ0v) is 17.3. The highest BCUT2D eigenvalue weighted by atomic mass is 16.5. The molecule has 0 aliphatic rings. The Hall–Kier alpha value is -2.37. The lowest BCUT2D eigenvalue weighted by molar-refractivity contribution is -0.132. The lowest BCUT2D eigenvalue weighted by Crippen LogP contribution is -2.35. The van der Waals surface area contributed by atoms with Crippen LogP contribution in [0.2, 0.25) is 0 Å². The second-order valence-electron chi connectivity index (χ2n) is 7.85. The molecule has 0 saturated carbocycles. The molecule has 0 fully saturated rings. The minimum absolute atomic E-state index is 0.0145. The molecule has 1 aromatic heterocycles. The number of benzene rings is 1. The first-order valence-corrected chi connectivity index (χ1v) is 9.60. The number of fused-ring (bicyclic) bond motifs is 1. The number of carbonyl (C=O) groups is 2. The number of ketones is 1. The van der Waals surface area contributed by atoms with E-state index in [1.54, 1.807) is 11.8 Å². The summed E-state index contributed by atoms with van der Waals surface area (Å²) in [7, 11) is 1.60. The number of amides is 1. The van der Waals surface area contributed by atoms with Crippen LogP contribution in [0.5, 0.6) is 5.75 Å². The molecular formula is C21H31N3O3. The summed E-state index contributed by atoms with van der Waals surface area (Å²) >= 11 is 0. The molecular weight excluding hydrogens is 342 g/mol. The maximum Gasteiger partial charge on any atom is 0.244 e. The van der Waals surface area contributed by atoms with Crippen molar-refractivity contribution in [2.45, 2.75) is 54.0 Å². The standard InChI is InChI=1S/C21H31N3O3/c1-7-11-23(12-8-2)18(25)14-24-17-13-15(27-6)9-10-16(17)19(22-24)20(26)21(3,4)5/h9-10,13H,7-8,11-12,14H2,1-6H3. The Bertz CT molecular complexity index is 812. The first-order chi connectivity index (χ1) is 12.7. The molecule has 6 nitrogen and oxygen atoms in total. The Morgan fingerprint density at radius 1 is 1.15 bits per heavy atom. The summed E-state index contributed by atoms with van der Waals surface area (Å²) < 4.78 is 6.96. The summed E-state index contributed by atoms with van der Waals surface area (Å²) in [6.07, 6.45) is 1.82. The number of methoxy groups -OCH3 is 1. The van der Waals surface area contributed by atoms with Crippen molar-refractivity contribution in [3.05, 3.63) is 23.9 Å². The van der Waals surface area contributed by atoms with Crippen molar-refractivity contribution < 1.29 is 14.3 Å². The molecule has 1 heterocycles. The second kappa shape index (κ2) is 8.55. The fourth-order valence-electron chi connectivity index (χ4n) is 3.05. The summed E-state index contributed by atoms with van der Waals surface area (Å²) in [6.45, 7) is 11.3. The predicted molar refractivity (Wildman–Crippen MR) is 107 cm³/mol. The molecule has 2 rings (SSSR count). The molecule has 2 aromatic rings. The van der Waals surface area contributed by atoms with E-state index in [1.165, 1.54) is 0 Å². The smallest absolute Gasteiger partial charge is 0.244 e. The first kappa shape index (κ1) is 20.9. The van der Waals surface area contributed by atoms with E-state index in [2.05, 4.69) is 18.9 Å². The van der Waals surface area contributed by atoms with Crippen molar-refractivity contribution >= 4 is 22.6 Å². The molecule has 0 unspecified atom stereocenters. The van der Waals surface area contributed by atoms with Crippen LogP contribution >= 0.6 is 0 Å². The summed E-state index contributed by atoms with van der Waals surface area (Å²) in [6, 6.07) is 5.49. The Morgan fingerprint density at radius 3 is 2.30 bits per heavy atom. The SMILES string of the molecule is CCCN(CCC)C(=O)Cn1nc(C(=O)C(C)(C)C)c2ccc(OC)cc21. The molecule has 148 valence electrons. The maximum absolute atomic E-state index is 12.9. The van der Waals surface area contributed by atoms with Crippen molar-refractivity contribution in [3.8, 4) is 5.75 Å². The van der Waals surface area contributed by atoms with E-state index in [-0.39, 0.29) is 18.2 Å². The fourth-order valence-corrected chi connectivity index (χ4v) is 3.05. The third kappa shape index (κ3) is 4.67. The van der Waals surface area contributed by atoms with E-state index in [9.17, 15) is 9.59 Å². The van der Waals surface area contributed by atoms with Crippen LogP contribution < -0.4 is 4.74 Å². The Kier molecular flexibility index (Phi) is 6.63. The van der Waals surface area contributed by atoms with Gasteiger partial charge in [0.15, 0.2) is 5.78 Å². The Morgan fingerprint density at radius 2 is 1.78 bits per heavy atom. The molecule has 27 heavy (non-hydrogen) atoms. The molecule has 6 heteroatoms. The third-order valence-corrected chi connectivity index (χ3v) is 4.48. The summed E-state index contributed by atoms with van der Waals surface area (Å²) in [5, 5.41) is 5.29. The van der Waals surface area contributed by atoms with Crippen molar-refractivity contribution in [2.24, 2.45) is 5.41 Å². The van der Waals surface area contributed by atoms with Gasteiger partial charge >= 0.3 is 0 Å². The zero-order chi connectivity index (χ0) is 20.2. The highest BCUT2D eigenvalue weighted by molar-refractivity contribution is 6.08. The van der Waals surface area contributed by atoms with Crippen LogP contribution in [-0.2, 0) is 11.3 Å². The number of rotatable bonds is 8. The first-order valence-electron chi connectivity index (χ1n) is 9.60. The largest absolute Gasteiger partial charge is 0.497 e. The van der Waals surface area contributed by atoms with Crippen LogP contribution in [0.3, 0.4) is 0 Å². The number of hydrogen-bond acceptors (Lipinski definition) is 4. The minimum atomic E-state index is -0.549. The van der Waals surface area contributed by atoms with Gasteiger partial charge in [-0.2, -0.15) is 5.10 Å². The van der Waals surface area contributed by atoms with Crippen LogP contribution in [0.25, 0.3) is 10.9 Å². The number of carbonyl (C=O) groups excluding carboxylic acids is 2. The van der Waals surface area contributed by atoms with Gasteiger partial charge in [-0.05, 0) is 25.0 Å². The van der Waals surface area contributed by atoms with Crippen LogP contribution in [0.1, 0.15) is 57.9 Å². The van der Waals surface area contributed by atoms with E-state index in [1.807, 2.05) is 43.9 Å². The summed E-state index contributed by atoms with van der Waals surface area (Å²) in [5.74, 6) is 0.647. The van der Waals surface area contributed by atoms with Crippen molar-refractivity contribution in [1.29, 1.82) is 0 Å². The fraction of sp³-hybridized carbons (Fsp3) is 0.571. The average molecular weight is 373 g/mol. The molecule has 0 spiro atoms. The lowest BCUT2D eigenvalue weighted by atomic mass is 9.88. The van der Waals surface area contributed by atoms with Crippen molar-refractivity contribution in [3.63, 3.8) is 0 Å². The summed E-state index contributed by atoms with van der Waals surface area (Å²) in [4.78, 5) is 27.5. The predicted octanol–water partition coefficient (Wildman–Crippen LogP) is 3.92. The third-order valence-electron chi connectivity index (χ3n) is 4.48. The molecule has 0 radical (unpaired) electrons. The number of Topliss-reactive ketones (excluding diaryl/α,β-unsaturated/α-hetero) is 1. The van der Waals surface area contributed by atoms with Crippen LogP contribution in [0, 0.1) is 5.41 Å². The van der Waals surface area contributed by atoms with E-state index < -0.39 is 5.41 Å². The molecule has 0 aliphatic carbocycles. The molecule has 1 aromatic carbocycles. The van der Waals surface area contributed by atoms with E-state index >= 15 is 0 Å². The zero-order valence-electron chi connectivity index (χ0n) is 17.3. The number of nitrogens with zero attached hydrogens (tertiary/aromatic N) is 3. The normalized spacial score (nSPS) is 11.6. The van der Waals surface area contributed by atoms with Crippen LogP contribution in [0.4, 0.5) is 0 Å². The van der Waals surface area contributed by atoms with Gasteiger partial charge in [0.25, 0.3) is 0 Å². The van der Waals surface area contributed by atoms with Gasteiger partial charge in [0.1, 0.15) is 18.0 Å². The molecule has 0 aliphatic heterocycles. The van der Waals surface area contributed by atoms with Gasteiger partial charge in [-0.1, -0.05) is 34.6 Å². The Labute approximate surface area is 161 Å².